The highest BCUT2D eigenvalue weighted by Crippen LogP contribution is 2.07. The maximum Gasteiger partial charge on any atom is 0.0612 e. The first-order chi connectivity index (χ1) is 5.59. The number of allylic oxidation sites excluding steroid dienone is 1. The summed E-state index contributed by atoms with van der Waals surface area (Å²) in [5.41, 5.74) is 0. The maximum absolute atomic E-state index is 3.72. The number of hydrogen-bond donors (Lipinski definition) is 0. The van der Waals surface area contributed by atoms with Crippen LogP contribution in [0.15, 0.2) is 12.7 Å². The summed E-state index contributed by atoms with van der Waals surface area (Å²) in [5.74, 6) is 0. The van der Waals surface area contributed by atoms with Gasteiger partial charge in [-0.15, -0.1) is 6.58 Å². The molecule has 0 atom stereocenters. The minimum absolute atomic E-state index is 0.560. The first kappa shape index (κ1) is 11.7. The molecule has 0 saturated carbocycles. The van der Waals surface area contributed by atoms with Gasteiger partial charge < -0.3 is 0 Å². The fraction of sp³-hybridized carbons (Fsp3) is 0.800. The van der Waals surface area contributed by atoms with Crippen molar-refractivity contribution in [1.82, 2.24) is 9.80 Å². The van der Waals surface area contributed by atoms with E-state index >= 15 is 0 Å². The van der Waals surface area contributed by atoms with Crippen LogP contribution >= 0.6 is 0 Å². The van der Waals surface area contributed by atoms with Gasteiger partial charge in [0.1, 0.15) is 0 Å². The fourth-order valence-corrected chi connectivity index (χ4v) is 1.42. The molecule has 0 unspecified atom stereocenters. The Morgan fingerprint density at radius 1 is 1.17 bits per heavy atom. The molecule has 0 N–H and O–H groups in total. The molecule has 0 fully saturated rings. The van der Waals surface area contributed by atoms with Crippen molar-refractivity contribution in [2.24, 2.45) is 0 Å². The lowest BCUT2D eigenvalue weighted by Crippen LogP contribution is -2.40. The van der Waals surface area contributed by atoms with E-state index < -0.39 is 0 Å². The van der Waals surface area contributed by atoms with Gasteiger partial charge >= 0.3 is 0 Å². The molecule has 0 aliphatic rings. The molecule has 0 aromatic heterocycles. The first-order valence-electron chi connectivity index (χ1n) is 4.53. The number of nitrogens with zero attached hydrogens (tertiary/aromatic N) is 2. The van der Waals surface area contributed by atoms with Gasteiger partial charge in [-0.2, -0.15) is 0 Å². The van der Waals surface area contributed by atoms with E-state index in [9.17, 15) is 0 Å². The van der Waals surface area contributed by atoms with Crippen LogP contribution in [0.2, 0.25) is 0 Å². The lowest BCUT2D eigenvalue weighted by Gasteiger charge is -2.30. The Hall–Kier alpha value is -0.340. The molecule has 0 spiro atoms. The molecule has 0 radical (unpaired) electrons. The molecule has 0 heterocycles. The third-order valence-corrected chi connectivity index (χ3v) is 2.06. The largest absolute Gasteiger partial charge is 0.294 e. The quantitative estimate of drug-likeness (QED) is 0.341. The van der Waals surface area contributed by atoms with E-state index in [1.54, 1.807) is 0 Å². The van der Waals surface area contributed by atoms with Crippen molar-refractivity contribution in [3.8, 4) is 0 Å². The van der Waals surface area contributed by atoms with Crippen molar-refractivity contribution >= 4 is 0 Å². The van der Waals surface area contributed by atoms with Crippen LogP contribution in [0.5, 0.6) is 0 Å². The van der Waals surface area contributed by atoms with E-state index in [1.165, 1.54) is 12.8 Å². The second-order valence-electron chi connectivity index (χ2n) is 3.63. The topological polar surface area (TPSA) is 6.48 Å². The Morgan fingerprint density at radius 3 is 2.00 bits per heavy atom. The molecule has 0 aromatic carbocycles. The Kier molecular flexibility index (Phi) is 6.03. The zero-order valence-electron chi connectivity index (χ0n) is 8.88. The Balaban J connectivity index is 3.71. The minimum Gasteiger partial charge on any atom is -0.294 e. The summed E-state index contributed by atoms with van der Waals surface area (Å²) >= 11 is 0. The molecule has 0 aliphatic heterocycles. The lowest BCUT2D eigenvalue weighted by atomic mass is 10.2. The zero-order chi connectivity index (χ0) is 9.56. The van der Waals surface area contributed by atoms with E-state index in [1.807, 2.05) is 6.08 Å². The van der Waals surface area contributed by atoms with Gasteiger partial charge in [-0.1, -0.05) is 6.08 Å². The third-order valence-electron chi connectivity index (χ3n) is 2.06. The van der Waals surface area contributed by atoms with E-state index in [2.05, 4.69) is 44.6 Å². The fourth-order valence-electron chi connectivity index (χ4n) is 1.42. The predicted octanol–water partition coefficient (Wildman–Crippen LogP) is 1.79. The summed E-state index contributed by atoms with van der Waals surface area (Å²) in [6.45, 7) is 3.72. The van der Waals surface area contributed by atoms with Crippen LogP contribution < -0.4 is 0 Å². The summed E-state index contributed by atoms with van der Waals surface area (Å²) in [6.07, 6.45) is 6.11. The van der Waals surface area contributed by atoms with Crippen molar-refractivity contribution in [3.63, 3.8) is 0 Å². The van der Waals surface area contributed by atoms with E-state index in [4.69, 9.17) is 0 Å². The zero-order valence-corrected chi connectivity index (χ0v) is 8.88. The summed E-state index contributed by atoms with van der Waals surface area (Å²) in [7, 11) is 8.49. The van der Waals surface area contributed by atoms with Gasteiger partial charge in [-0.25, -0.2) is 0 Å². The molecule has 12 heavy (non-hydrogen) atoms. The monoisotopic (exact) mass is 170 g/mol. The highest BCUT2D eigenvalue weighted by Gasteiger charge is 2.11. The molecular weight excluding hydrogens is 148 g/mol. The minimum atomic E-state index is 0.560. The normalized spacial score (nSPS) is 11.6. The molecule has 2 heteroatoms. The molecule has 0 aromatic rings. The summed E-state index contributed by atoms with van der Waals surface area (Å²) in [6, 6.07) is 0. The van der Waals surface area contributed by atoms with Crippen LogP contribution in [0.4, 0.5) is 0 Å². The van der Waals surface area contributed by atoms with Gasteiger partial charge in [0.15, 0.2) is 0 Å². The van der Waals surface area contributed by atoms with Crippen molar-refractivity contribution in [2.45, 2.75) is 25.4 Å². The van der Waals surface area contributed by atoms with Gasteiger partial charge in [-0.05, 0) is 47.5 Å². The summed E-state index contributed by atoms with van der Waals surface area (Å²) in [4.78, 5) is 4.51. The second kappa shape index (κ2) is 6.21. The van der Waals surface area contributed by atoms with Crippen LogP contribution in [0.25, 0.3) is 0 Å². The predicted molar refractivity (Wildman–Crippen MR) is 55.2 cm³/mol. The Labute approximate surface area is 76.9 Å². The summed E-state index contributed by atoms with van der Waals surface area (Å²) < 4.78 is 0. The average molecular weight is 170 g/mol. The average Bonchev–Trinajstić information content (AvgIpc) is 1.96. The van der Waals surface area contributed by atoms with Crippen LogP contribution in [-0.2, 0) is 0 Å². The number of hydrogen-bond acceptors (Lipinski definition) is 2. The van der Waals surface area contributed by atoms with Gasteiger partial charge in [0.2, 0.25) is 0 Å². The van der Waals surface area contributed by atoms with Gasteiger partial charge in [0.25, 0.3) is 0 Å². The van der Waals surface area contributed by atoms with Crippen molar-refractivity contribution < 1.29 is 0 Å². The Bertz CT molecular complexity index is 111. The van der Waals surface area contributed by atoms with Crippen molar-refractivity contribution in [3.05, 3.63) is 12.7 Å². The third kappa shape index (κ3) is 4.52. The van der Waals surface area contributed by atoms with Crippen LogP contribution in [0.3, 0.4) is 0 Å². The number of rotatable bonds is 6. The number of unbranched alkanes of at least 4 members (excludes halogenated alkanes) is 1. The molecule has 0 amide bonds. The van der Waals surface area contributed by atoms with Gasteiger partial charge in [-0.3, -0.25) is 9.80 Å². The van der Waals surface area contributed by atoms with Crippen molar-refractivity contribution in [2.75, 3.05) is 28.2 Å². The van der Waals surface area contributed by atoms with Gasteiger partial charge in [0.05, 0.1) is 6.17 Å². The van der Waals surface area contributed by atoms with Crippen LogP contribution in [0.1, 0.15) is 19.3 Å². The molecule has 2 nitrogen and oxygen atoms in total. The molecule has 0 rings (SSSR count). The standard InChI is InChI=1S/C10H22N2/c1-6-7-8-9-10(11(2)3)12(4)5/h6,10H,1,7-9H2,2-5H3. The van der Waals surface area contributed by atoms with Crippen molar-refractivity contribution in [1.29, 1.82) is 0 Å². The van der Waals surface area contributed by atoms with E-state index in [0.29, 0.717) is 6.17 Å². The molecule has 0 aliphatic carbocycles. The van der Waals surface area contributed by atoms with Crippen LogP contribution in [0, 0.1) is 0 Å². The lowest BCUT2D eigenvalue weighted by molar-refractivity contribution is 0.118. The molecule has 0 bridgehead atoms. The molecule has 72 valence electrons. The molecular formula is C10H22N2. The molecule has 0 saturated heterocycles. The van der Waals surface area contributed by atoms with Gasteiger partial charge in [0, 0.05) is 0 Å². The smallest absolute Gasteiger partial charge is 0.0612 e. The maximum atomic E-state index is 3.72. The van der Waals surface area contributed by atoms with Crippen LogP contribution in [-0.4, -0.2) is 44.2 Å². The summed E-state index contributed by atoms with van der Waals surface area (Å²) in [5, 5.41) is 0. The first-order valence-corrected chi connectivity index (χ1v) is 4.53. The highest BCUT2D eigenvalue weighted by molar-refractivity contribution is 4.69. The second-order valence-corrected chi connectivity index (χ2v) is 3.63. The van der Waals surface area contributed by atoms with E-state index in [-0.39, 0.29) is 0 Å². The van der Waals surface area contributed by atoms with E-state index in [0.717, 1.165) is 6.42 Å². The highest BCUT2D eigenvalue weighted by atomic mass is 15.3. The SMILES string of the molecule is C=CCCCC(N(C)C)N(C)C. The Morgan fingerprint density at radius 2 is 1.67 bits per heavy atom.